The van der Waals surface area contributed by atoms with Crippen LogP contribution in [0.5, 0.6) is 0 Å². The summed E-state index contributed by atoms with van der Waals surface area (Å²) in [4.78, 5) is 11.2. The standard InChI is InChI=1S/C15H28O2/c1-6-8-9-10-11-12-13(3)15(4,5)17-14(16)7-2/h7,13H,2,6,8-12H2,1,3-5H3. The Kier molecular flexibility index (Phi) is 7.94. The Hall–Kier alpha value is -0.790. The van der Waals surface area contributed by atoms with Crippen molar-refractivity contribution in [2.75, 3.05) is 0 Å². The molecule has 0 aromatic carbocycles. The first kappa shape index (κ1) is 16.2. The van der Waals surface area contributed by atoms with Crippen LogP contribution in [-0.4, -0.2) is 11.6 Å². The molecule has 0 aliphatic heterocycles. The van der Waals surface area contributed by atoms with Crippen LogP contribution in [0.4, 0.5) is 0 Å². The molecule has 0 saturated carbocycles. The van der Waals surface area contributed by atoms with Gasteiger partial charge in [-0.25, -0.2) is 4.79 Å². The molecular formula is C15H28O2. The minimum absolute atomic E-state index is 0.326. The van der Waals surface area contributed by atoms with Gasteiger partial charge in [0.25, 0.3) is 0 Å². The number of rotatable bonds is 9. The molecule has 0 rings (SSSR count). The van der Waals surface area contributed by atoms with Crippen LogP contribution in [0.25, 0.3) is 0 Å². The van der Waals surface area contributed by atoms with Gasteiger partial charge in [0, 0.05) is 6.08 Å². The van der Waals surface area contributed by atoms with Gasteiger partial charge in [-0.2, -0.15) is 0 Å². The second-order valence-electron chi connectivity index (χ2n) is 5.33. The smallest absolute Gasteiger partial charge is 0.330 e. The number of carbonyl (C=O) groups excluding carboxylic acids is 1. The van der Waals surface area contributed by atoms with E-state index < -0.39 is 5.60 Å². The monoisotopic (exact) mass is 240 g/mol. The fourth-order valence-electron chi connectivity index (χ4n) is 1.80. The first-order valence-electron chi connectivity index (χ1n) is 6.79. The van der Waals surface area contributed by atoms with E-state index in [1.54, 1.807) is 0 Å². The number of ether oxygens (including phenoxy) is 1. The maximum atomic E-state index is 11.2. The Morgan fingerprint density at radius 3 is 2.41 bits per heavy atom. The predicted molar refractivity (Wildman–Crippen MR) is 72.9 cm³/mol. The van der Waals surface area contributed by atoms with E-state index in [2.05, 4.69) is 20.4 Å². The molecule has 2 heteroatoms. The zero-order valence-corrected chi connectivity index (χ0v) is 11.9. The topological polar surface area (TPSA) is 26.3 Å². The number of unbranched alkanes of at least 4 members (excludes halogenated alkanes) is 4. The van der Waals surface area contributed by atoms with Crippen LogP contribution >= 0.6 is 0 Å². The van der Waals surface area contributed by atoms with E-state index in [0.29, 0.717) is 5.92 Å². The fourth-order valence-corrected chi connectivity index (χ4v) is 1.80. The highest BCUT2D eigenvalue weighted by Crippen LogP contribution is 2.26. The fraction of sp³-hybridized carbons (Fsp3) is 0.800. The van der Waals surface area contributed by atoms with E-state index in [0.717, 1.165) is 6.42 Å². The molecule has 100 valence electrons. The van der Waals surface area contributed by atoms with E-state index in [4.69, 9.17) is 4.74 Å². The van der Waals surface area contributed by atoms with Gasteiger partial charge in [0.2, 0.25) is 0 Å². The molecular weight excluding hydrogens is 212 g/mol. The van der Waals surface area contributed by atoms with Gasteiger partial charge in [0.1, 0.15) is 5.60 Å². The number of esters is 1. The third-order valence-corrected chi connectivity index (χ3v) is 3.46. The van der Waals surface area contributed by atoms with Crippen molar-refractivity contribution >= 4 is 5.97 Å². The van der Waals surface area contributed by atoms with Gasteiger partial charge < -0.3 is 4.74 Å². The summed E-state index contributed by atoms with van der Waals surface area (Å²) in [5.41, 5.74) is -0.393. The highest BCUT2D eigenvalue weighted by molar-refractivity contribution is 5.81. The second-order valence-corrected chi connectivity index (χ2v) is 5.33. The summed E-state index contributed by atoms with van der Waals surface area (Å²) in [5.74, 6) is 0.0564. The largest absolute Gasteiger partial charge is 0.456 e. The van der Waals surface area contributed by atoms with Gasteiger partial charge in [0.15, 0.2) is 0 Å². The lowest BCUT2D eigenvalue weighted by atomic mass is 9.87. The van der Waals surface area contributed by atoms with Crippen molar-refractivity contribution in [2.45, 2.75) is 71.8 Å². The predicted octanol–water partition coefficient (Wildman–Crippen LogP) is 4.49. The average molecular weight is 240 g/mol. The van der Waals surface area contributed by atoms with Crippen molar-refractivity contribution in [3.05, 3.63) is 12.7 Å². The zero-order chi connectivity index (χ0) is 13.3. The average Bonchev–Trinajstić information content (AvgIpc) is 2.27. The molecule has 2 nitrogen and oxygen atoms in total. The van der Waals surface area contributed by atoms with Crippen LogP contribution < -0.4 is 0 Å². The van der Waals surface area contributed by atoms with Crippen molar-refractivity contribution in [1.29, 1.82) is 0 Å². The Morgan fingerprint density at radius 2 is 1.88 bits per heavy atom. The van der Waals surface area contributed by atoms with Gasteiger partial charge >= 0.3 is 5.97 Å². The lowest BCUT2D eigenvalue weighted by Crippen LogP contribution is -2.34. The summed E-state index contributed by atoms with van der Waals surface area (Å²) in [6.45, 7) is 11.8. The summed E-state index contributed by atoms with van der Waals surface area (Å²) in [7, 11) is 0. The molecule has 0 heterocycles. The molecule has 0 aliphatic carbocycles. The van der Waals surface area contributed by atoms with Crippen molar-refractivity contribution in [1.82, 2.24) is 0 Å². The zero-order valence-electron chi connectivity index (χ0n) is 11.9. The van der Waals surface area contributed by atoms with Gasteiger partial charge in [-0.3, -0.25) is 0 Å². The Morgan fingerprint density at radius 1 is 1.29 bits per heavy atom. The number of hydrogen-bond acceptors (Lipinski definition) is 2. The van der Waals surface area contributed by atoms with Crippen molar-refractivity contribution in [3.8, 4) is 0 Å². The molecule has 1 atom stereocenters. The minimum Gasteiger partial charge on any atom is -0.456 e. The quantitative estimate of drug-likeness (QED) is 0.337. The maximum Gasteiger partial charge on any atom is 0.330 e. The third kappa shape index (κ3) is 7.19. The Balaban J connectivity index is 3.89. The van der Waals surface area contributed by atoms with E-state index in [1.165, 1.54) is 38.2 Å². The normalized spacial score (nSPS) is 13.2. The molecule has 0 aliphatic rings. The molecule has 0 spiro atoms. The maximum absolute atomic E-state index is 11.2. The van der Waals surface area contributed by atoms with Crippen LogP contribution in [0.2, 0.25) is 0 Å². The van der Waals surface area contributed by atoms with Gasteiger partial charge in [-0.1, -0.05) is 52.5 Å². The van der Waals surface area contributed by atoms with E-state index in [1.807, 2.05) is 13.8 Å². The van der Waals surface area contributed by atoms with E-state index in [-0.39, 0.29) is 5.97 Å². The molecule has 0 saturated heterocycles. The van der Waals surface area contributed by atoms with E-state index in [9.17, 15) is 4.79 Å². The Bertz CT molecular complexity index is 231. The van der Waals surface area contributed by atoms with E-state index >= 15 is 0 Å². The summed E-state index contributed by atoms with van der Waals surface area (Å²) < 4.78 is 5.37. The molecule has 0 N–H and O–H groups in total. The van der Waals surface area contributed by atoms with Crippen molar-refractivity contribution < 1.29 is 9.53 Å². The molecule has 1 unspecified atom stereocenters. The van der Waals surface area contributed by atoms with Crippen LogP contribution in [0, 0.1) is 5.92 Å². The molecule has 0 radical (unpaired) electrons. The van der Waals surface area contributed by atoms with Crippen LogP contribution in [0.15, 0.2) is 12.7 Å². The molecule has 0 aromatic rings. The molecule has 0 amide bonds. The first-order valence-corrected chi connectivity index (χ1v) is 6.79. The van der Waals surface area contributed by atoms with Crippen LogP contribution in [-0.2, 0) is 9.53 Å². The summed E-state index contributed by atoms with van der Waals surface area (Å²) >= 11 is 0. The minimum atomic E-state index is -0.393. The first-order chi connectivity index (χ1) is 7.94. The SMILES string of the molecule is C=CC(=O)OC(C)(C)C(C)CCCCCCC. The van der Waals surface area contributed by atoms with Crippen LogP contribution in [0.1, 0.15) is 66.2 Å². The highest BCUT2D eigenvalue weighted by Gasteiger charge is 2.28. The third-order valence-electron chi connectivity index (χ3n) is 3.46. The summed E-state index contributed by atoms with van der Waals surface area (Å²) in [6.07, 6.45) is 8.76. The van der Waals surface area contributed by atoms with Crippen molar-refractivity contribution in [3.63, 3.8) is 0 Å². The number of hydrogen-bond donors (Lipinski definition) is 0. The van der Waals surface area contributed by atoms with Gasteiger partial charge in [-0.15, -0.1) is 0 Å². The summed E-state index contributed by atoms with van der Waals surface area (Å²) in [6, 6.07) is 0. The van der Waals surface area contributed by atoms with Crippen molar-refractivity contribution in [2.24, 2.45) is 5.92 Å². The lowest BCUT2D eigenvalue weighted by Gasteiger charge is -2.31. The molecule has 0 bridgehead atoms. The van der Waals surface area contributed by atoms with Gasteiger partial charge in [-0.05, 0) is 26.2 Å². The van der Waals surface area contributed by atoms with Crippen LogP contribution in [0.3, 0.4) is 0 Å². The lowest BCUT2D eigenvalue weighted by molar-refractivity contribution is -0.155. The molecule has 0 fully saturated rings. The van der Waals surface area contributed by atoms with Gasteiger partial charge in [0.05, 0.1) is 0 Å². The highest BCUT2D eigenvalue weighted by atomic mass is 16.6. The molecule has 17 heavy (non-hydrogen) atoms. The Labute approximate surface area is 106 Å². The second kappa shape index (κ2) is 8.32. The summed E-state index contributed by atoms with van der Waals surface area (Å²) in [5, 5.41) is 0. The molecule has 0 aromatic heterocycles. The number of carbonyl (C=O) groups is 1.